The normalized spacial score (nSPS) is 16.3. The summed E-state index contributed by atoms with van der Waals surface area (Å²) in [6.45, 7) is 1.73. The van der Waals surface area contributed by atoms with Crippen molar-refractivity contribution in [3.63, 3.8) is 0 Å². The van der Waals surface area contributed by atoms with Crippen molar-refractivity contribution in [1.82, 2.24) is 15.5 Å². The molecule has 9 nitrogen and oxygen atoms in total. The summed E-state index contributed by atoms with van der Waals surface area (Å²) in [4.78, 5) is 26.9. The van der Waals surface area contributed by atoms with Gasteiger partial charge in [-0.2, -0.15) is 5.26 Å². The Labute approximate surface area is 170 Å². The zero-order chi connectivity index (χ0) is 21.3. The smallest absolute Gasteiger partial charge is 0.318 e. The van der Waals surface area contributed by atoms with E-state index in [1.807, 2.05) is 36.4 Å². The van der Waals surface area contributed by atoms with Crippen molar-refractivity contribution in [2.75, 3.05) is 38.3 Å². The highest BCUT2D eigenvalue weighted by Gasteiger charge is 2.27. The van der Waals surface area contributed by atoms with Gasteiger partial charge in [0, 0.05) is 25.8 Å². The summed E-state index contributed by atoms with van der Waals surface area (Å²) in [5.41, 5.74) is 0.847. The molecule has 1 heterocycles. The van der Waals surface area contributed by atoms with Gasteiger partial charge in [0.2, 0.25) is 5.91 Å². The molecule has 1 aliphatic rings. The van der Waals surface area contributed by atoms with Crippen molar-refractivity contribution in [2.24, 2.45) is 0 Å². The number of hydrogen-bond donors (Lipinski definition) is 2. The van der Waals surface area contributed by atoms with E-state index in [1.54, 1.807) is 4.90 Å². The summed E-state index contributed by atoms with van der Waals surface area (Å²) in [5, 5.41) is 14.5. The lowest BCUT2D eigenvalue weighted by molar-refractivity contribution is -0.123. The van der Waals surface area contributed by atoms with E-state index in [1.165, 1.54) is 0 Å². The van der Waals surface area contributed by atoms with Gasteiger partial charge in [-0.15, -0.1) is 0 Å². The van der Waals surface area contributed by atoms with E-state index in [-0.39, 0.29) is 24.6 Å². The van der Waals surface area contributed by atoms with Crippen LogP contribution in [0.4, 0.5) is 4.79 Å². The van der Waals surface area contributed by atoms with Crippen molar-refractivity contribution < 1.29 is 22.7 Å². The van der Waals surface area contributed by atoms with Crippen molar-refractivity contribution in [3.8, 4) is 6.07 Å². The fraction of sp³-hybridized carbons (Fsp3) is 0.526. The van der Waals surface area contributed by atoms with Gasteiger partial charge in [0.25, 0.3) is 0 Å². The fourth-order valence-electron chi connectivity index (χ4n) is 2.84. The molecule has 1 aromatic rings. The van der Waals surface area contributed by atoms with Gasteiger partial charge in [0.1, 0.15) is 21.9 Å². The number of amides is 3. The highest BCUT2D eigenvalue weighted by atomic mass is 32.2. The molecular weight excluding hydrogens is 396 g/mol. The Bertz CT molecular complexity index is 832. The minimum absolute atomic E-state index is 0.0173. The predicted molar refractivity (Wildman–Crippen MR) is 107 cm³/mol. The summed E-state index contributed by atoms with van der Waals surface area (Å²) in [6.07, 6.45) is 1.30. The molecule has 158 valence electrons. The maximum absolute atomic E-state index is 12.8. The van der Waals surface area contributed by atoms with E-state index >= 15 is 0 Å². The summed E-state index contributed by atoms with van der Waals surface area (Å²) >= 11 is 0. The molecule has 2 rings (SSSR count). The quantitative estimate of drug-likeness (QED) is 0.611. The van der Waals surface area contributed by atoms with Crippen LogP contribution < -0.4 is 10.6 Å². The van der Waals surface area contributed by atoms with E-state index < -0.39 is 27.8 Å². The summed E-state index contributed by atoms with van der Waals surface area (Å²) in [5.74, 6) is -0.745. The monoisotopic (exact) mass is 422 g/mol. The number of morpholine rings is 1. The topological polar surface area (TPSA) is 129 Å². The summed E-state index contributed by atoms with van der Waals surface area (Å²) in [6, 6.07) is 8.85. The van der Waals surface area contributed by atoms with Crippen LogP contribution in [0, 0.1) is 11.3 Å². The van der Waals surface area contributed by atoms with Crippen molar-refractivity contribution in [2.45, 2.75) is 24.9 Å². The van der Waals surface area contributed by atoms with Crippen LogP contribution in [0.3, 0.4) is 0 Å². The van der Waals surface area contributed by atoms with Gasteiger partial charge in [-0.1, -0.05) is 30.3 Å². The molecule has 0 aliphatic carbocycles. The molecule has 0 unspecified atom stereocenters. The average molecular weight is 423 g/mol. The van der Waals surface area contributed by atoms with Crippen LogP contribution in [0.5, 0.6) is 0 Å². The molecule has 0 saturated carbocycles. The van der Waals surface area contributed by atoms with E-state index in [4.69, 9.17) is 4.74 Å². The van der Waals surface area contributed by atoms with Crippen LogP contribution in [0.2, 0.25) is 0 Å². The molecule has 0 bridgehead atoms. The minimum Gasteiger partial charge on any atom is -0.378 e. The maximum Gasteiger partial charge on any atom is 0.318 e. The van der Waals surface area contributed by atoms with Crippen molar-refractivity contribution in [1.29, 1.82) is 5.26 Å². The predicted octanol–water partition coefficient (Wildman–Crippen LogP) is 0.0826. The molecule has 2 N–H and O–H groups in total. The first-order valence-electron chi connectivity index (χ1n) is 9.33. The third-order valence-electron chi connectivity index (χ3n) is 4.44. The second kappa shape index (κ2) is 10.8. The number of hydrogen-bond acceptors (Lipinski definition) is 6. The van der Waals surface area contributed by atoms with Crippen LogP contribution in [0.15, 0.2) is 30.3 Å². The molecule has 1 aromatic carbocycles. The van der Waals surface area contributed by atoms with E-state index in [0.717, 1.165) is 11.8 Å². The largest absolute Gasteiger partial charge is 0.378 e. The zero-order valence-electron chi connectivity index (χ0n) is 16.3. The highest BCUT2D eigenvalue weighted by Crippen LogP contribution is 2.06. The average Bonchev–Trinajstić information content (AvgIpc) is 2.71. The van der Waals surface area contributed by atoms with Crippen LogP contribution in [-0.4, -0.2) is 75.7 Å². The number of nitriles is 1. The van der Waals surface area contributed by atoms with E-state index in [0.29, 0.717) is 26.3 Å². The van der Waals surface area contributed by atoms with Gasteiger partial charge in [-0.05, 0) is 12.0 Å². The molecule has 0 aromatic heterocycles. The standard InChI is InChI=1S/C19H26N4O5S/c1-29(26,27)12-7-16(14-20)21-18(24)17(13-15-5-3-2-4-6-15)22-19(25)23-8-10-28-11-9-23/h2-6,16-17H,7-13H2,1H3,(H,21,24)(H,22,25)/t16-,17-/m0/s1. The number of urea groups is 1. The number of ether oxygens (including phenoxy) is 1. The van der Waals surface area contributed by atoms with Crippen LogP contribution >= 0.6 is 0 Å². The molecule has 1 saturated heterocycles. The highest BCUT2D eigenvalue weighted by molar-refractivity contribution is 7.90. The number of benzene rings is 1. The van der Waals surface area contributed by atoms with Gasteiger partial charge in [-0.3, -0.25) is 4.79 Å². The molecular formula is C19H26N4O5S. The first-order valence-corrected chi connectivity index (χ1v) is 11.4. The second-order valence-corrected chi connectivity index (χ2v) is 9.16. The van der Waals surface area contributed by atoms with E-state index in [2.05, 4.69) is 10.6 Å². The number of sulfone groups is 1. The van der Waals surface area contributed by atoms with Gasteiger partial charge >= 0.3 is 6.03 Å². The number of nitrogens with zero attached hydrogens (tertiary/aromatic N) is 2. The number of rotatable bonds is 8. The number of carbonyl (C=O) groups excluding carboxylic acids is 2. The lowest BCUT2D eigenvalue weighted by Crippen LogP contribution is -2.55. The fourth-order valence-corrected chi connectivity index (χ4v) is 3.50. The van der Waals surface area contributed by atoms with Gasteiger partial charge < -0.3 is 20.3 Å². The van der Waals surface area contributed by atoms with Gasteiger partial charge in [-0.25, -0.2) is 13.2 Å². The third kappa shape index (κ3) is 8.09. The minimum atomic E-state index is -3.26. The Morgan fingerprint density at radius 2 is 1.86 bits per heavy atom. The number of nitrogens with one attached hydrogen (secondary N) is 2. The first-order chi connectivity index (χ1) is 13.8. The van der Waals surface area contributed by atoms with Crippen molar-refractivity contribution in [3.05, 3.63) is 35.9 Å². The molecule has 29 heavy (non-hydrogen) atoms. The molecule has 1 aliphatic heterocycles. The second-order valence-electron chi connectivity index (χ2n) is 6.90. The van der Waals surface area contributed by atoms with Crippen LogP contribution in [0.25, 0.3) is 0 Å². The number of carbonyl (C=O) groups is 2. The Morgan fingerprint density at radius 1 is 1.21 bits per heavy atom. The SMILES string of the molecule is CS(=O)(=O)CC[C@@H](C#N)NC(=O)[C@H](Cc1ccccc1)NC(=O)N1CCOCC1. The zero-order valence-corrected chi connectivity index (χ0v) is 17.2. The van der Waals surface area contributed by atoms with Crippen molar-refractivity contribution >= 4 is 21.8 Å². The van der Waals surface area contributed by atoms with E-state index in [9.17, 15) is 23.3 Å². The summed E-state index contributed by atoms with van der Waals surface area (Å²) in [7, 11) is -3.26. The molecule has 10 heteroatoms. The molecule has 1 fully saturated rings. The molecule has 2 atom stereocenters. The van der Waals surface area contributed by atoms with Gasteiger partial charge in [0.05, 0.1) is 25.0 Å². The van der Waals surface area contributed by atoms with Crippen LogP contribution in [-0.2, 0) is 25.8 Å². The maximum atomic E-state index is 12.8. The lowest BCUT2D eigenvalue weighted by Gasteiger charge is -2.29. The Balaban J connectivity index is 2.07. The summed E-state index contributed by atoms with van der Waals surface area (Å²) < 4.78 is 27.9. The lowest BCUT2D eigenvalue weighted by atomic mass is 10.0. The molecule has 0 spiro atoms. The third-order valence-corrected chi connectivity index (χ3v) is 5.42. The Hall–Kier alpha value is -2.64. The first kappa shape index (κ1) is 22.6. The molecule has 0 radical (unpaired) electrons. The van der Waals surface area contributed by atoms with Gasteiger partial charge in [0.15, 0.2) is 0 Å². The Morgan fingerprint density at radius 3 is 2.45 bits per heavy atom. The Kier molecular flexibility index (Phi) is 8.42. The van der Waals surface area contributed by atoms with Crippen LogP contribution in [0.1, 0.15) is 12.0 Å². The molecule has 3 amide bonds.